The molecule has 2 heterocycles. The third kappa shape index (κ3) is 4.42. The van der Waals surface area contributed by atoms with Crippen LogP contribution >= 0.6 is 0 Å². The molecule has 1 N–H and O–H groups in total. The van der Waals surface area contributed by atoms with Crippen LogP contribution in [0.15, 0.2) is 36.4 Å². The Morgan fingerprint density at radius 1 is 1.26 bits per heavy atom. The van der Waals surface area contributed by atoms with Crippen LogP contribution in [-0.4, -0.2) is 36.3 Å². The molecule has 1 fully saturated rings. The van der Waals surface area contributed by atoms with Crippen LogP contribution < -0.4 is 10.2 Å². The van der Waals surface area contributed by atoms with Crippen LogP contribution in [0.1, 0.15) is 24.1 Å². The zero-order valence-electron chi connectivity index (χ0n) is 13.8. The number of rotatable bonds is 6. The maximum Gasteiger partial charge on any atom is 0.224 e. The average Bonchev–Trinajstić information content (AvgIpc) is 3.07. The van der Waals surface area contributed by atoms with E-state index in [1.54, 1.807) is 0 Å². The van der Waals surface area contributed by atoms with E-state index in [1.165, 1.54) is 5.56 Å². The first-order valence-corrected chi connectivity index (χ1v) is 8.17. The van der Waals surface area contributed by atoms with Gasteiger partial charge < -0.3 is 15.0 Å². The second-order valence-electron chi connectivity index (χ2n) is 6.05. The number of nitrogens with zero attached hydrogens (tertiary/aromatic N) is 3. The topological polar surface area (TPSA) is 50.3 Å². The van der Waals surface area contributed by atoms with Gasteiger partial charge in [0.25, 0.3) is 0 Å². The van der Waals surface area contributed by atoms with Crippen molar-refractivity contribution in [3.63, 3.8) is 0 Å². The summed E-state index contributed by atoms with van der Waals surface area (Å²) in [5.74, 6) is 1.60. The van der Waals surface area contributed by atoms with E-state index in [9.17, 15) is 0 Å². The van der Waals surface area contributed by atoms with Crippen molar-refractivity contribution in [1.82, 2.24) is 9.97 Å². The van der Waals surface area contributed by atoms with Gasteiger partial charge in [0.05, 0.1) is 6.10 Å². The largest absolute Gasteiger partial charge is 0.376 e. The zero-order valence-corrected chi connectivity index (χ0v) is 13.8. The summed E-state index contributed by atoms with van der Waals surface area (Å²) in [6.45, 7) is 4.46. The quantitative estimate of drug-likeness (QED) is 0.888. The Balaban J connectivity index is 1.66. The minimum Gasteiger partial charge on any atom is -0.376 e. The summed E-state index contributed by atoms with van der Waals surface area (Å²) in [6, 6.07) is 12.4. The number of benzene rings is 1. The van der Waals surface area contributed by atoms with Crippen LogP contribution in [-0.2, 0) is 11.3 Å². The number of hydrogen-bond donors (Lipinski definition) is 1. The summed E-state index contributed by atoms with van der Waals surface area (Å²) >= 11 is 0. The molecule has 3 rings (SSSR count). The van der Waals surface area contributed by atoms with Gasteiger partial charge in [0.15, 0.2) is 0 Å². The molecule has 2 aromatic rings. The van der Waals surface area contributed by atoms with Gasteiger partial charge >= 0.3 is 0 Å². The fourth-order valence-corrected chi connectivity index (χ4v) is 2.78. The summed E-state index contributed by atoms with van der Waals surface area (Å²) in [4.78, 5) is 11.3. The fraction of sp³-hybridized carbons (Fsp3) is 0.444. The highest BCUT2D eigenvalue weighted by molar-refractivity contribution is 5.44. The van der Waals surface area contributed by atoms with Crippen LogP contribution in [0.25, 0.3) is 0 Å². The summed E-state index contributed by atoms with van der Waals surface area (Å²) in [7, 11) is 2.05. The first kappa shape index (κ1) is 15.7. The van der Waals surface area contributed by atoms with Crippen molar-refractivity contribution < 1.29 is 4.74 Å². The van der Waals surface area contributed by atoms with Crippen LogP contribution in [0.5, 0.6) is 0 Å². The predicted molar refractivity (Wildman–Crippen MR) is 92.8 cm³/mol. The van der Waals surface area contributed by atoms with Crippen molar-refractivity contribution >= 4 is 11.8 Å². The van der Waals surface area contributed by atoms with Gasteiger partial charge in [-0.3, -0.25) is 0 Å². The van der Waals surface area contributed by atoms with Gasteiger partial charge in [0.2, 0.25) is 5.95 Å². The Bertz CT molecular complexity index is 626. The van der Waals surface area contributed by atoms with Gasteiger partial charge in [0, 0.05) is 38.5 Å². The molecule has 1 unspecified atom stereocenters. The Labute approximate surface area is 137 Å². The molecule has 1 aromatic heterocycles. The van der Waals surface area contributed by atoms with E-state index in [0.29, 0.717) is 5.95 Å². The third-order valence-corrected chi connectivity index (χ3v) is 4.01. The van der Waals surface area contributed by atoms with E-state index in [2.05, 4.69) is 51.5 Å². The Hall–Kier alpha value is -2.14. The van der Waals surface area contributed by atoms with Crippen LogP contribution in [0, 0.1) is 6.92 Å². The molecule has 0 bridgehead atoms. The van der Waals surface area contributed by atoms with Gasteiger partial charge in [-0.2, -0.15) is 4.98 Å². The standard InChI is InChI=1S/C18H24N4O/c1-14-11-17(22(2)13-15-7-4-3-5-8-15)21-18(20-14)19-12-16-9-6-10-23-16/h3-5,7-8,11,16H,6,9-10,12-13H2,1-2H3,(H,19,20,21). The Morgan fingerprint density at radius 2 is 2.09 bits per heavy atom. The molecule has 1 atom stereocenters. The third-order valence-electron chi connectivity index (χ3n) is 4.01. The van der Waals surface area contributed by atoms with Crippen LogP contribution in [0.3, 0.4) is 0 Å². The van der Waals surface area contributed by atoms with Gasteiger partial charge in [0.1, 0.15) is 5.82 Å². The second-order valence-corrected chi connectivity index (χ2v) is 6.05. The van der Waals surface area contributed by atoms with Crippen LogP contribution in [0.2, 0.25) is 0 Å². The van der Waals surface area contributed by atoms with E-state index < -0.39 is 0 Å². The highest BCUT2D eigenvalue weighted by Gasteiger charge is 2.16. The fourth-order valence-electron chi connectivity index (χ4n) is 2.78. The molecule has 5 nitrogen and oxygen atoms in total. The monoisotopic (exact) mass is 312 g/mol. The average molecular weight is 312 g/mol. The molecular formula is C18H24N4O. The maximum atomic E-state index is 5.63. The molecule has 23 heavy (non-hydrogen) atoms. The number of ether oxygens (including phenoxy) is 1. The number of aryl methyl sites for hydroxylation is 1. The van der Waals surface area contributed by atoms with E-state index in [4.69, 9.17) is 4.74 Å². The minimum absolute atomic E-state index is 0.282. The Kier molecular flexibility index (Phi) is 5.08. The minimum atomic E-state index is 0.282. The first-order chi connectivity index (χ1) is 11.2. The predicted octanol–water partition coefficient (Wildman–Crippen LogP) is 3.01. The SMILES string of the molecule is Cc1cc(N(C)Cc2ccccc2)nc(NCC2CCCO2)n1. The molecule has 122 valence electrons. The molecule has 1 aliphatic rings. The van der Waals surface area contributed by atoms with Crippen molar-refractivity contribution in [1.29, 1.82) is 0 Å². The van der Waals surface area contributed by atoms with Crippen molar-refractivity contribution in [2.24, 2.45) is 0 Å². The lowest BCUT2D eigenvalue weighted by atomic mass is 10.2. The smallest absolute Gasteiger partial charge is 0.224 e. The maximum absolute atomic E-state index is 5.63. The summed E-state index contributed by atoms with van der Waals surface area (Å²) in [5.41, 5.74) is 2.23. The molecule has 1 saturated heterocycles. The molecule has 1 aromatic carbocycles. The number of hydrogen-bond acceptors (Lipinski definition) is 5. The lowest BCUT2D eigenvalue weighted by molar-refractivity contribution is 0.120. The Morgan fingerprint density at radius 3 is 2.83 bits per heavy atom. The normalized spacial score (nSPS) is 17.2. The number of anilines is 2. The zero-order chi connectivity index (χ0) is 16.1. The van der Waals surface area contributed by atoms with Gasteiger partial charge in [-0.1, -0.05) is 30.3 Å². The van der Waals surface area contributed by atoms with Gasteiger partial charge in [-0.15, -0.1) is 0 Å². The molecule has 0 spiro atoms. The molecule has 5 heteroatoms. The summed E-state index contributed by atoms with van der Waals surface area (Å²) in [5, 5.41) is 3.31. The molecule has 0 saturated carbocycles. The van der Waals surface area contributed by atoms with Gasteiger partial charge in [-0.05, 0) is 25.3 Å². The van der Waals surface area contributed by atoms with Crippen molar-refractivity contribution in [2.75, 3.05) is 30.4 Å². The van der Waals surface area contributed by atoms with Crippen LogP contribution in [0.4, 0.5) is 11.8 Å². The first-order valence-electron chi connectivity index (χ1n) is 8.17. The van der Waals surface area contributed by atoms with E-state index in [0.717, 1.165) is 44.0 Å². The van der Waals surface area contributed by atoms with Crippen molar-refractivity contribution in [2.45, 2.75) is 32.4 Å². The molecule has 0 amide bonds. The van der Waals surface area contributed by atoms with Gasteiger partial charge in [-0.25, -0.2) is 4.98 Å². The molecule has 1 aliphatic heterocycles. The van der Waals surface area contributed by atoms with E-state index in [-0.39, 0.29) is 6.10 Å². The summed E-state index contributed by atoms with van der Waals surface area (Å²) in [6.07, 6.45) is 2.54. The summed E-state index contributed by atoms with van der Waals surface area (Å²) < 4.78 is 5.63. The molecule has 0 aliphatic carbocycles. The van der Waals surface area contributed by atoms with Crippen molar-refractivity contribution in [3.8, 4) is 0 Å². The highest BCUT2D eigenvalue weighted by atomic mass is 16.5. The number of nitrogens with one attached hydrogen (secondary N) is 1. The number of aromatic nitrogens is 2. The molecular weight excluding hydrogens is 288 g/mol. The highest BCUT2D eigenvalue weighted by Crippen LogP contribution is 2.17. The lowest BCUT2D eigenvalue weighted by Crippen LogP contribution is -2.22. The van der Waals surface area contributed by atoms with E-state index >= 15 is 0 Å². The molecule has 0 radical (unpaired) electrons. The lowest BCUT2D eigenvalue weighted by Gasteiger charge is -2.20. The van der Waals surface area contributed by atoms with E-state index in [1.807, 2.05) is 19.1 Å². The van der Waals surface area contributed by atoms with Crippen molar-refractivity contribution in [3.05, 3.63) is 47.7 Å². The second kappa shape index (κ2) is 7.42.